The van der Waals surface area contributed by atoms with Crippen LogP contribution < -0.4 is 5.56 Å². The maximum atomic E-state index is 13.5. The molecule has 148 valence electrons. The molecule has 1 fully saturated rings. The lowest BCUT2D eigenvalue weighted by Gasteiger charge is -2.11. The Morgan fingerprint density at radius 1 is 0.967 bits per heavy atom. The van der Waals surface area contributed by atoms with Crippen molar-refractivity contribution in [3.05, 3.63) is 71.3 Å². The van der Waals surface area contributed by atoms with E-state index in [1.165, 1.54) is 0 Å². The topological polar surface area (TPSA) is 74.8 Å². The molecule has 0 aliphatic carbocycles. The maximum absolute atomic E-state index is 13.5. The molecule has 0 radical (unpaired) electrons. The summed E-state index contributed by atoms with van der Waals surface area (Å²) in [6.45, 7) is 1.25. The van der Waals surface area contributed by atoms with Gasteiger partial charge in [0.25, 0.3) is 5.56 Å². The molecule has 0 spiro atoms. The van der Waals surface area contributed by atoms with Crippen LogP contribution >= 0.6 is 0 Å². The van der Waals surface area contributed by atoms with Crippen molar-refractivity contribution in [2.24, 2.45) is 0 Å². The largest absolute Gasteiger partial charge is 0.376 e. The smallest absolute Gasteiger partial charge is 0.265 e. The molecule has 1 atom stereocenters. The third-order valence-corrected chi connectivity index (χ3v) is 5.67. The number of benzene rings is 2. The molecule has 1 aliphatic rings. The van der Waals surface area contributed by atoms with Crippen LogP contribution in [-0.2, 0) is 11.3 Å². The molecular formula is C23H19N5O2. The highest BCUT2D eigenvalue weighted by molar-refractivity contribution is 6.05. The van der Waals surface area contributed by atoms with Crippen molar-refractivity contribution < 1.29 is 4.74 Å². The average Bonchev–Trinajstić information content (AvgIpc) is 3.40. The Morgan fingerprint density at radius 2 is 1.73 bits per heavy atom. The monoisotopic (exact) mass is 397 g/mol. The van der Waals surface area contributed by atoms with Crippen molar-refractivity contribution in [2.45, 2.75) is 25.5 Å². The molecule has 7 heteroatoms. The van der Waals surface area contributed by atoms with Crippen LogP contribution in [0, 0.1) is 0 Å². The first-order valence-corrected chi connectivity index (χ1v) is 10.1. The fraction of sp³-hybridized carbons (Fsp3) is 0.217. The molecular weight excluding hydrogens is 378 g/mol. The summed E-state index contributed by atoms with van der Waals surface area (Å²) in [6.07, 6.45) is 3.65. The van der Waals surface area contributed by atoms with Crippen molar-refractivity contribution >= 4 is 33.2 Å². The van der Waals surface area contributed by atoms with Crippen LogP contribution in [-0.4, -0.2) is 36.8 Å². The number of para-hydroxylation sites is 3. The third kappa shape index (κ3) is 2.63. The normalized spacial score (nSPS) is 16.7. The van der Waals surface area contributed by atoms with Gasteiger partial charge in [0, 0.05) is 12.3 Å². The lowest BCUT2D eigenvalue weighted by atomic mass is 10.2. The number of fused-ring (bicyclic) bond motifs is 4. The number of aromatic nitrogens is 5. The van der Waals surface area contributed by atoms with E-state index in [0.29, 0.717) is 28.7 Å². The molecule has 4 heterocycles. The Kier molecular flexibility index (Phi) is 3.89. The van der Waals surface area contributed by atoms with Crippen molar-refractivity contribution in [1.29, 1.82) is 0 Å². The van der Waals surface area contributed by atoms with Crippen LogP contribution in [0.3, 0.4) is 0 Å². The van der Waals surface area contributed by atoms with Gasteiger partial charge in [-0.15, -0.1) is 0 Å². The van der Waals surface area contributed by atoms with Gasteiger partial charge in [-0.2, -0.15) is 0 Å². The van der Waals surface area contributed by atoms with Crippen LogP contribution in [0.25, 0.3) is 38.9 Å². The van der Waals surface area contributed by atoms with Crippen LogP contribution in [0.5, 0.6) is 0 Å². The zero-order chi connectivity index (χ0) is 20.1. The summed E-state index contributed by atoms with van der Waals surface area (Å²) in [5, 5.41) is 0.493. The fourth-order valence-corrected chi connectivity index (χ4v) is 4.23. The highest BCUT2D eigenvalue weighted by Crippen LogP contribution is 2.28. The van der Waals surface area contributed by atoms with Gasteiger partial charge in [0.15, 0.2) is 11.3 Å². The van der Waals surface area contributed by atoms with Crippen LogP contribution in [0.2, 0.25) is 0 Å². The Labute approximate surface area is 171 Å². The second kappa shape index (κ2) is 6.74. The summed E-state index contributed by atoms with van der Waals surface area (Å²) in [5.74, 6) is 0. The Balaban J connectivity index is 1.69. The molecule has 0 N–H and O–H groups in total. The number of hydrogen-bond acceptors (Lipinski definition) is 5. The van der Waals surface area contributed by atoms with E-state index in [9.17, 15) is 4.79 Å². The summed E-state index contributed by atoms with van der Waals surface area (Å²) >= 11 is 0. The maximum Gasteiger partial charge on any atom is 0.265 e. The van der Waals surface area contributed by atoms with Gasteiger partial charge in [0.2, 0.25) is 0 Å². The second-order valence-electron chi connectivity index (χ2n) is 7.59. The molecule has 2 aromatic carbocycles. The first-order valence-electron chi connectivity index (χ1n) is 10.1. The zero-order valence-electron chi connectivity index (χ0n) is 16.2. The summed E-state index contributed by atoms with van der Waals surface area (Å²) in [7, 11) is 0. The Hall–Kier alpha value is -3.58. The lowest BCUT2D eigenvalue weighted by Crippen LogP contribution is -2.26. The minimum absolute atomic E-state index is 0.0522. The molecule has 3 aromatic heterocycles. The number of nitrogens with zero attached hydrogens (tertiary/aromatic N) is 5. The molecule has 0 bridgehead atoms. The lowest BCUT2D eigenvalue weighted by molar-refractivity contribution is 0.0960. The van der Waals surface area contributed by atoms with Crippen molar-refractivity contribution in [2.75, 3.05) is 6.61 Å². The predicted octanol–water partition coefficient (Wildman–Crippen LogP) is 3.46. The quantitative estimate of drug-likeness (QED) is 0.466. The minimum Gasteiger partial charge on any atom is -0.376 e. The standard InChI is InChI=1S/C23H19N5O2/c29-23-19-20-22(26-18-11-5-4-10-17(18)25-20)28(15-7-2-1-3-8-15)21(19)24-14-27(23)13-16-9-6-12-30-16/h1-5,7-8,10-11,14,16H,6,9,12-13H2/t16-/m0/s1. The van der Waals surface area contributed by atoms with Gasteiger partial charge in [-0.25, -0.2) is 15.0 Å². The van der Waals surface area contributed by atoms with Gasteiger partial charge < -0.3 is 4.74 Å². The molecule has 0 amide bonds. The number of ether oxygens (including phenoxy) is 1. The van der Waals surface area contributed by atoms with Gasteiger partial charge in [-0.05, 0) is 37.1 Å². The number of hydrogen-bond donors (Lipinski definition) is 0. The van der Waals surface area contributed by atoms with Crippen LogP contribution in [0.1, 0.15) is 12.8 Å². The molecule has 6 rings (SSSR count). The van der Waals surface area contributed by atoms with Gasteiger partial charge in [0.05, 0.1) is 23.7 Å². The highest BCUT2D eigenvalue weighted by atomic mass is 16.5. The molecule has 0 unspecified atom stereocenters. The highest BCUT2D eigenvalue weighted by Gasteiger charge is 2.22. The van der Waals surface area contributed by atoms with Crippen LogP contribution in [0.15, 0.2) is 65.7 Å². The van der Waals surface area contributed by atoms with E-state index in [0.717, 1.165) is 36.2 Å². The van der Waals surface area contributed by atoms with E-state index in [4.69, 9.17) is 14.7 Å². The molecule has 0 saturated carbocycles. The molecule has 5 aromatic rings. The predicted molar refractivity (Wildman–Crippen MR) is 115 cm³/mol. The zero-order valence-corrected chi connectivity index (χ0v) is 16.2. The summed E-state index contributed by atoms with van der Waals surface area (Å²) in [5.41, 5.74) is 4.10. The van der Waals surface area contributed by atoms with E-state index < -0.39 is 0 Å². The van der Waals surface area contributed by atoms with Crippen molar-refractivity contribution in [1.82, 2.24) is 24.1 Å². The SMILES string of the molecule is O=c1c2c3nc4ccccc4nc3n(-c3ccccc3)c2ncn1C[C@@H]1CCCO1. The Morgan fingerprint density at radius 3 is 2.50 bits per heavy atom. The van der Waals surface area contributed by atoms with E-state index in [1.54, 1.807) is 10.9 Å². The first kappa shape index (κ1) is 17.3. The van der Waals surface area contributed by atoms with E-state index in [1.807, 2.05) is 59.2 Å². The second-order valence-corrected chi connectivity index (χ2v) is 7.59. The van der Waals surface area contributed by atoms with Gasteiger partial charge in [-0.1, -0.05) is 30.3 Å². The summed E-state index contributed by atoms with van der Waals surface area (Å²) in [4.78, 5) is 27.8. The van der Waals surface area contributed by atoms with Crippen LogP contribution in [0.4, 0.5) is 0 Å². The summed E-state index contributed by atoms with van der Waals surface area (Å²) in [6, 6.07) is 17.5. The van der Waals surface area contributed by atoms with Gasteiger partial charge >= 0.3 is 0 Å². The van der Waals surface area contributed by atoms with E-state index >= 15 is 0 Å². The fourth-order valence-electron chi connectivity index (χ4n) is 4.23. The molecule has 30 heavy (non-hydrogen) atoms. The summed E-state index contributed by atoms with van der Waals surface area (Å²) < 4.78 is 9.28. The minimum atomic E-state index is -0.111. The Bertz CT molecular complexity index is 1450. The van der Waals surface area contributed by atoms with Gasteiger partial charge in [-0.3, -0.25) is 13.9 Å². The number of rotatable bonds is 3. The van der Waals surface area contributed by atoms with Gasteiger partial charge in [0.1, 0.15) is 17.2 Å². The first-order chi connectivity index (χ1) is 14.8. The van der Waals surface area contributed by atoms with Crippen molar-refractivity contribution in [3.8, 4) is 5.69 Å². The molecule has 7 nitrogen and oxygen atoms in total. The van der Waals surface area contributed by atoms with E-state index in [-0.39, 0.29) is 11.7 Å². The average molecular weight is 397 g/mol. The molecule has 1 saturated heterocycles. The molecule has 1 aliphatic heterocycles. The van der Waals surface area contributed by atoms with E-state index in [2.05, 4.69) is 4.98 Å². The third-order valence-electron chi connectivity index (χ3n) is 5.67. The van der Waals surface area contributed by atoms with Crippen molar-refractivity contribution in [3.63, 3.8) is 0 Å².